The van der Waals surface area contributed by atoms with Crippen molar-refractivity contribution in [2.75, 3.05) is 13.2 Å². The molecule has 0 spiro atoms. The normalized spacial score (nSPS) is 35.3. The standard InChI is InChI=1S/C15H24O3.Ac/c16-14(13-10-11-5-6-12(13)9-11)3-1-4-15-17-7-2-8-18-15;/h5-6,11-16H,1-4,7-10H2;. The molecule has 1 saturated heterocycles. The molecule has 0 aromatic rings. The van der Waals surface area contributed by atoms with Crippen molar-refractivity contribution in [2.24, 2.45) is 17.8 Å². The molecule has 2 bridgehead atoms. The van der Waals surface area contributed by atoms with E-state index in [4.69, 9.17) is 9.47 Å². The van der Waals surface area contributed by atoms with Crippen LogP contribution in [0.25, 0.3) is 0 Å². The first kappa shape index (κ1) is 16.4. The fourth-order valence-corrected chi connectivity index (χ4v) is 3.68. The number of ether oxygens (including phenoxy) is 2. The first-order chi connectivity index (χ1) is 8.83. The van der Waals surface area contributed by atoms with Crippen LogP contribution in [-0.2, 0) is 9.47 Å². The summed E-state index contributed by atoms with van der Waals surface area (Å²) in [5, 5.41) is 10.3. The van der Waals surface area contributed by atoms with Gasteiger partial charge in [-0.3, -0.25) is 0 Å². The number of rotatable bonds is 5. The van der Waals surface area contributed by atoms with Crippen LogP contribution >= 0.6 is 0 Å². The number of aliphatic hydroxyl groups is 1. The second-order valence-electron chi connectivity index (χ2n) is 5.97. The molecule has 1 heterocycles. The van der Waals surface area contributed by atoms with E-state index in [-0.39, 0.29) is 56.5 Å². The molecule has 4 heteroatoms. The summed E-state index contributed by atoms with van der Waals surface area (Å²) in [7, 11) is 0. The van der Waals surface area contributed by atoms with E-state index in [0.29, 0.717) is 11.8 Å². The Morgan fingerprint density at radius 3 is 2.58 bits per heavy atom. The molecule has 0 aromatic heterocycles. The Kier molecular flexibility index (Phi) is 6.83. The minimum Gasteiger partial charge on any atom is -0.393 e. The predicted molar refractivity (Wildman–Crippen MR) is 69.0 cm³/mol. The molecule has 4 unspecified atom stereocenters. The molecule has 1 aliphatic heterocycles. The van der Waals surface area contributed by atoms with E-state index in [1.807, 2.05) is 0 Å². The van der Waals surface area contributed by atoms with Gasteiger partial charge in [0.05, 0.1) is 19.3 Å². The first-order valence-electron chi connectivity index (χ1n) is 7.42. The van der Waals surface area contributed by atoms with Gasteiger partial charge in [-0.15, -0.1) is 0 Å². The predicted octanol–water partition coefficient (Wildman–Crippen LogP) is 2.49. The molecule has 1 saturated carbocycles. The average Bonchev–Trinajstić information content (AvgIpc) is 3.02. The minimum absolute atomic E-state index is 0. The molecule has 4 atom stereocenters. The van der Waals surface area contributed by atoms with Crippen molar-refractivity contribution in [3.63, 3.8) is 0 Å². The van der Waals surface area contributed by atoms with Gasteiger partial charge < -0.3 is 14.6 Å². The molecule has 105 valence electrons. The minimum atomic E-state index is -0.131. The van der Waals surface area contributed by atoms with Crippen molar-refractivity contribution in [1.82, 2.24) is 0 Å². The number of allylic oxidation sites excluding steroid dienone is 2. The third-order valence-corrected chi connectivity index (χ3v) is 4.66. The second-order valence-corrected chi connectivity index (χ2v) is 5.97. The first-order valence-corrected chi connectivity index (χ1v) is 7.42. The van der Waals surface area contributed by atoms with Crippen LogP contribution in [0.1, 0.15) is 38.5 Å². The Labute approximate surface area is 151 Å². The molecular weight excluding hydrogens is 455 g/mol. The van der Waals surface area contributed by atoms with E-state index < -0.39 is 0 Å². The summed E-state index contributed by atoms with van der Waals surface area (Å²) in [5.41, 5.74) is 0. The van der Waals surface area contributed by atoms with Crippen molar-refractivity contribution in [1.29, 1.82) is 0 Å². The number of hydrogen-bond acceptors (Lipinski definition) is 3. The molecule has 3 nitrogen and oxygen atoms in total. The molecule has 1 N–H and O–H groups in total. The molecular formula is C15H24AcO3. The second kappa shape index (κ2) is 7.90. The molecule has 3 aliphatic rings. The van der Waals surface area contributed by atoms with Gasteiger partial charge in [-0.2, -0.15) is 0 Å². The van der Waals surface area contributed by atoms with Gasteiger partial charge in [-0.25, -0.2) is 0 Å². The molecule has 1 radical (unpaired) electrons. The maximum atomic E-state index is 10.3. The van der Waals surface area contributed by atoms with Crippen molar-refractivity contribution in [3.05, 3.63) is 12.2 Å². The quantitative estimate of drug-likeness (QED) is 0.617. The summed E-state index contributed by atoms with van der Waals surface area (Å²) in [6.45, 7) is 1.65. The van der Waals surface area contributed by atoms with Crippen molar-refractivity contribution in [3.8, 4) is 0 Å². The Bertz CT molecular complexity index is 302. The van der Waals surface area contributed by atoms with Gasteiger partial charge in [0.25, 0.3) is 0 Å². The summed E-state index contributed by atoms with van der Waals surface area (Å²) in [6, 6.07) is 0. The van der Waals surface area contributed by atoms with E-state index in [0.717, 1.165) is 44.8 Å². The summed E-state index contributed by atoms with van der Waals surface area (Å²) < 4.78 is 11.0. The van der Waals surface area contributed by atoms with Gasteiger partial charge in [0.1, 0.15) is 0 Å². The monoisotopic (exact) mass is 479 g/mol. The molecule has 19 heavy (non-hydrogen) atoms. The SMILES string of the molecule is OC(CCCC1OCCCO1)C1CC2C=CC1C2.[Ac]. The van der Waals surface area contributed by atoms with Crippen LogP contribution in [0.4, 0.5) is 0 Å². The van der Waals surface area contributed by atoms with Gasteiger partial charge in [-0.1, -0.05) is 12.2 Å². The third kappa shape index (κ3) is 4.27. The largest absolute Gasteiger partial charge is 0.393 e. The van der Waals surface area contributed by atoms with Gasteiger partial charge in [0.15, 0.2) is 6.29 Å². The van der Waals surface area contributed by atoms with Crippen LogP contribution in [0.5, 0.6) is 0 Å². The van der Waals surface area contributed by atoms with Crippen LogP contribution in [0.15, 0.2) is 12.2 Å². The maximum absolute atomic E-state index is 10.3. The number of fused-ring (bicyclic) bond motifs is 2. The zero-order chi connectivity index (χ0) is 12.4. The topological polar surface area (TPSA) is 38.7 Å². The van der Waals surface area contributed by atoms with Gasteiger partial charge in [-0.05, 0) is 56.3 Å². The average molecular weight is 479 g/mol. The zero-order valence-electron chi connectivity index (χ0n) is 11.5. The van der Waals surface area contributed by atoms with E-state index in [2.05, 4.69) is 12.2 Å². The van der Waals surface area contributed by atoms with Gasteiger partial charge >= 0.3 is 0 Å². The Balaban J connectivity index is 0.00000133. The summed E-state index contributed by atoms with van der Waals surface area (Å²) in [5.74, 6) is 1.90. The van der Waals surface area contributed by atoms with Crippen molar-refractivity contribution in [2.45, 2.75) is 50.9 Å². The number of hydrogen-bond donors (Lipinski definition) is 1. The molecule has 2 aliphatic carbocycles. The van der Waals surface area contributed by atoms with E-state index in [1.54, 1.807) is 0 Å². The smallest absolute Gasteiger partial charge is 0.157 e. The molecule has 2 fully saturated rings. The molecule has 0 aromatic carbocycles. The van der Waals surface area contributed by atoms with Crippen molar-refractivity contribution < 1.29 is 58.6 Å². The summed E-state index contributed by atoms with van der Waals surface area (Å²) >= 11 is 0. The van der Waals surface area contributed by atoms with Crippen LogP contribution < -0.4 is 0 Å². The Hall–Kier alpha value is 1.06. The third-order valence-electron chi connectivity index (χ3n) is 4.66. The fourth-order valence-electron chi connectivity index (χ4n) is 3.68. The van der Waals surface area contributed by atoms with Crippen LogP contribution in [0.2, 0.25) is 0 Å². The van der Waals surface area contributed by atoms with Crippen molar-refractivity contribution >= 4 is 0 Å². The summed E-state index contributed by atoms with van der Waals surface area (Å²) in [6.07, 6.45) is 10.8. The van der Waals surface area contributed by atoms with Gasteiger partial charge in [0, 0.05) is 44.1 Å². The van der Waals surface area contributed by atoms with Crippen LogP contribution in [0.3, 0.4) is 0 Å². The molecule has 0 amide bonds. The Morgan fingerprint density at radius 1 is 1.16 bits per heavy atom. The van der Waals surface area contributed by atoms with E-state index in [9.17, 15) is 5.11 Å². The maximum Gasteiger partial charge on any atom is 0.157 e. The Morgan fingerprint density at radius 2 is 1.95 bits per heavy atom. The summed E-state index contributed by atoms with van der Waals surface area (Å²) in [4.78, 5) is 0. The van der Waals surface area contributed by atoms with Crippen LogP contribution in [0, 0.1) is 61.8 Å². The van der Waals surface area contributed by atoms with Gasteiger partial charge in [0.2, 0.25) is 0 Å². The zero-order valence-corrected chi connectivity index (χ0v) is 16.3. The van der Waals surface area contributed by atoms with E-state index >= 15 is 0 Å². The van der Waals surface area contributed by atoms with Crippen LogP contribution in [-0.4, -0.2) is 30.7 Å². The molecule has 3 rings (SSSR count). The number of aliphatic hydroxyl groups excluding tert-OH is 1. The van der Waals surface area contributed by atoms with E-state index in [1.165, 1.54) is 12.8 Å². The fraction of sp³-hybridized carbons (Fsp3) is 0.867.